The number of carbonyl (C=O) groups is 1. The van der Waals surface area contributed by atoms with Crippen molar-refractivity contribution in [2.24, 2.45) is 18.9 Å². The van der Waals surface area contributed by atoms with Gasteiger partial charge in [-0.3, -0.25) is 14.0 Å². The number of ketones is 1. The highest BCUT2D eigenvalue weighted by Gasteiger charge is 2.60. The molecule has 0 spiro atoms. The number of sulfone groups is 1. The highest BCUT2D eigenvalue weighted by atomic mass is 32.2. The summed E-state index contributed by atoms with van der Waals surface area (Å²) in [5.41, 5.74) is 0.126. The van der Waals surface area contributed by atoms with Gasteiger partial charge in [0.1, 0.15) is 29.8 Å². The van der Waals surface area contributed by atoms with Crippen LogP contribution in [0.5, 0.6) is 0 Å². The minimum atomic E-state index is -3.95. The average molecular weight is 619 g/mol. The van der Waals surface area contributed by atoms with Gasteiger partial charge in [-0.2, -0.15) is 5.10 Å². The molecule has 3 aromatic heterocycles. The topological polar surface area (TPSA) is 112 Å². The molecule has 0 aliphatic heterocycles. The van der Waals surface area contributed by atoms with Gasteiger partial charge in [-0.25, -0.2) is 30.4 Å². The van der Waals surface area contributed by atoms with Gasteiger partial charge < -0.3 is 5.32 Å². The number of fused-ring (bicyclic) bond motifs is 1. The van der Waals surface area contributed by atoms with E-state index in [1.807, 2.05) is 0 Å². The molecule has 3 aliphatic carbocycles. The normalized spacial score (nSPS) is 25.1. The quantitative estimate of drug-likeness (QED) is 0.326. The van der Waals surface area contributed by atoms with Crippen LogP contribution in [0.4, 0.5) is 33.7 Å². The molecule has 2 fully saturated rings. The maximum absolute atomic E-state index is 13.7. The first-order valence-electron chi connectivity index (χ1n) is 13.2. The number of aryl methyl sites for hydroxylation is 2. The third-order valence-electron chi connectivity index (χ3n) is 8.08. The molecule has 9 nitrogen and oxygen atoms in total. The predicted octanol–water partition coefficient (Wildman–Crippen LogP) is 4.77. The first-order chi connectivity index (χ1) is 19.3. The van der Waals surface area contributed by atoms with E-state index in [4.69, 9.17) is 0 Å². The highest BCUT2D eigenvalue weighted by Crippen LogP contribution is 2.50. The minimum Gasteiger partial charge on any atom is -0.309 e. The van der Waals surface area contributed by atoms with Crippen molar-refractivity contribution in [2.45, 2.75) is 74.4 Å². The van der Waals surface area contributed by atoms with Crippen LogP contribution in [0, 0.1) is 11.8 Å². The van der Waals surface area contributed by atoms with E-state index in [0.717, 1.165) is 4.88 Å². The van der Waals surface area contributed by atoms with Gasteiger partial charge in [-0.15, -0.1) is 21.5 Å². The lowest BCUT2D eigenvalue weighted by Gasteiger charge is -2.30. The molecule has 3 aliphatic rings. The van der Waals surface area contributed by atoms with Gasteiger partial charge in [0.2, 0.25) is 5.95 Å². The van der Waals surface area contributed by atoms with Crippen LogP contribution in [0.15, 0.2) is 17.3 Å². The number of Topliss-reactive ketones (excluding diaryl/α,β-unsaturated/α-hetero) is 1. The van der Waals surface area contributed by atoms with E-state index < -0.39 is 52.2 Å². The van der Waals surface area contributed by atoms with Crippen LogP contribution in [-0.2, 0) is 40.9 Å². The Bertz CT molecular complexity index is 1590. The van der Waals surface area contributed by atoms with E-state index in [-0.39, 0.29) is 64.9 Å². The monoisotopic (exact) mass is 618 g/mol. The first-order valence-corrected chi connectivity index (χ1v) is 15.7. The van der Waals surface area contributed by atoms with E-state index >= 15 is 0 Å². The predicted molar refractivity (Wildman–Crippen MR) is 138 cm³/mol. The van der Waals surface area contributed by atoms with Crippen molar-refractivity contribution >= 4 is 38.7 Å². The van der Waals surface area contributed by atoms with Crippen LogP contribution in [0.2, 0.25) is 0 Å². The van der Waals surface area contributed by atoms with Crippen molar-refractivity contribution in [3.63, 3.8) is 0 Å². The second kappa shape index (κ2) is 10.1. The number of thiophene rings is 1. The summed E-state index contributed by atoms with van der Waals surface area (Å²) in [6, 6.07) is 0.878. The Hall–Kier alpha value is -2.88. The van der Waals surface area contributed by atoms with Gasteiger partial charge in [-0.1, -0.05) is 0 Å². The summed E-state index contributed by atoms with van der Waals surface area (Å²) in [6.45, 7) is 0. The summed E-state index contributed by atoms with van der Waals surface area (Å²) < 4.78 is 97.3. The lowest BCUT2D eigenvalue weighted by molar-refractivity contribution is -0.121. The molecule has 16 heteroatoms. The maximum atomic E-state index is 13.7. The molecule has 2 saturated carbocycles. The van der Waals surface area contributed by atoms with Crippen LogP contribution in [0.25, 0.3) is 0 Å². The fraction of sp³-hybridized carbons (Fsp3) is 0.600. The number of hydrogen-bond donors (Lipinski definition) is 1. The van der Waals surface area contributed by atoms with Crippen LogP contribution in [-0.4, -0.2) is 56.6 Å². The molecule has 2 atom stereocenters. The summed E-state index contributed by atoms with van der Waals surface area (Å²) in [5.74, 6) is -5.24. The standard InChI is InChI=1S/C25H27F5N6O3S2/c1-35-21(7-17(34-35)23(27)28)32-24-33-31-11-36(24)14-2-3-19-15(6-14)22(41(38,39)10-12-4-13(26)5-12)20(40-19)8-18(37)16-9-25(16,29)30/h7,11-14,16,23H,2-6,8-10H2,1H3,(H,32,33)/t12?,13?,14-,16-/m0/s1. The lowest BCUT2D eigenvalue weighted by Crippen LogP contribution is -2.31. The Morgan fingerprint density at radius 2 is 2.02 bits per heavy atom. The Morgan fingerprint density at radius 3 is 2.66 bits per heavy atom. The number of rotatable bonds is 10. The zero-order chi connectivity index (χ0) is 29.3. The minimum absolute atomic E-state index is 0.0117. The number of anilines is 2. The van der Waals surface area contributed by atoms with E-state index in [9.17, 15) is 35.2 Å². The van der Waals surface area contributed by atoms with Crippen molar-refractivity contribution in [1.82, 2.24) is 24.5 Å². The fourth-order valence-electron chi connectivity index (χ4n) is 5.77. The summed E-state index contributed by atoms with van der Waals surface area (Å²) in [7, 11) is -2.45. The third-order valence-corrected chi connectivity index (χ3v) is 11.5. The van der Waals surface area contributed by atoms with Gasteiger partial charge in [0, 0.05) is 41.8 Å². The van der Waals surface area contributed by atoms with E-state index in [1.165, 1.54) is 35.5 Å². The molecule has 1 N–H and O–H groups in total. The van der Waals surface area contributed by atoms with Crippen molar-refractivity contribution in [3.05, 3.63) is 33.4 Å². The molecule has 0 aromatic carbocycles. The number of alkyl halides is 5. The van der Waals surface area contributed by atoms with Crippen molar-refractivity contribution in [2.75, 3.05) is 11.1 Å². The largest absolute Gasteiger partial charge is 0.309 e. The van der Waals surface area contributed by atoms with Crippen LogP contribution in [0.1, 0.15) is 59.2 Å². The van der Waals surface area contributed by atoms with Gasteiger partial charge >= 0.3 is 0 Å². The highest BCUT2D eigenvalue weighted by molar-refractivity contribution is 7.91. The maximum Gasteiger partial charge on any atom is 0.282 e. The van der Waals surface area contributed by atoms with Gasteiger partial charge in [0.15, 0.2) is 9.84 Å². The van der Waals surface area contributed by atoms with Crippen molar-refractivity contribution < 1.29 is 35.2 Å². The second-order valence-electron chi connectivity index (χ2n) is 11.1. The molecule has 0 radical (unpaired) electrons. The van der Waals surface area contributed by atoms with Crippen LogP contribution >= 0.6 is 11.3 Å². The molecule has 3 aromatic rings. The molecular weight excluding hydrogens is 591 g/mol. The number of hydrogen-bond acceptors (Lipinski definition) is 8. The number of carbonyl (C=O) groups excluding carboxylic acids is 1. The third kappa shape index (κ3) is 5.40. The Balaban J connectivity index is 1.30. The second-order valence-corrected chi connectivity index (χ2v) is 14.3. The lowest BCUT2D eigenvalue weighted by atomic mass is 9.85. The SMILES string of the molecule is Cn1nc(C(F)F)cc1Nc1nncn1[C@H]1CCc2sc(CC(=O)[C@@H]3CC3(F)F)c(S(=O)(=O)CC3CC(F)C3)c2C1. The van der Waals surface area contributed by atoms with Crippen molar-refractivity contribution in [1.29, 1.82) is 0 Å². The smallest absolute Gasteiger partial charge is 0.282 e. The summed E-state index contributed by atoms with van der Waals surface area (Å²) >= 11 is 1.17. The molecule has 6 rings (SSSR count). The van der Waals surface area contributed by atoms with E-state index in [0.29, 0.717) is 18.4 Å². The Kier molecular flexibility index (Phi) is 6.98. The summed E-state index contributed by atoms with van der Waals surface area (Å²) in [6.07, 6.45) is -1.69. The van der Waals surface area contributed by atoms with E-state index in [1.54, 1.807) is 4.57 Å². The number of halogens is 5. The Labute approximate surface area is 236 Å². The number of nitrogens with zero attached hydrogens (tertiary/aromatic N) is 5. The Morgan fingerprint density at radius 1 is 1.29 bits per heavy atom. The molecule has 222 valence electrons. The zero-order valence-corrected chi connectivity index (χ0v) is 23.5. The van der Waals surface area contributed by atoms with Gasteiger partial charge in [-0.05, 0) is 43.6 Å². The van der Waals surface area contributed by atoms with Crippen LogP contribution < -0.4 is 5.32 Å². The fourth-order valence-corrected chi connectivity index (χ4v) is 9.65. The molecule has 0 unspecified atom stereocenters. The molecule has 0 saturated heterocycles. The summed E-state index contributed by atoms with van der Waals surface area (Å²) in [5, 5.41) is 14.7. The van der Waals surface area contributed by atoms with Crippen molar-refractivity contribution in [3.8, 4) is 0 Å². The molecule has 0 bridgehead atoms. The number of aromatic nitrogens is 5. The molecular formula is C25H27F5N6O3S2. The zero-order valence-electron chi connectivity index (χ0n) is 21.9. The average Bonchev–Trinajstić information content (AvgIpc) is 3.25. The molecule has 41 heavy (non-hydrogen) atoms. The number of nitrogens with one attached hydrogen (secondary N) is 1. The van der Waals surface area contributed by atoms with E-state index in [2.05, 4.69) is 20.6 Å². The van der Waals surface area contributed by atoms with Crippen LogP contribution in [0.3, 0.4) is 0 Å². The summed E-state index contributed by atoms with van der Waals surface area (Å²) in [4.78, 5) is 13.7. The van der Waals surface area contributed by atoms with Gasteiger partial charge in [0.25, 0.3) is 12.3 Å². The first kappa shape index (κ1) is 28.2. The molecule has 3 heterocycles. The van der Waals surface area contributed by atoms with Gasteiger partial charge in [0.05, 0.1) is 16.6 Å². The molecule has 0 amide bonds.